The standard InChI is InChI=1S/C18H22O/c1-2-15-11-13-16(14-12-15)7-6-10-18(19)17-8-4-3-5-9-17/h3-5,8-9,11-14,18-19H,2,6-7,10H2,1H3. The van der Waals surface area contributed by atoms with E-state index < -0.39 is 0 Å². The minimum atomic E-state index is -0.337. The Morgan fingerprint density at radius 2 is 1.53 bits per heavy atom. The van der Waals surface area contributed by atoms with Gasteiger partial charge in [-0.25, -0.2) is 0 Å². The smallest absolute Gasteiger partial charge is 0.0790 e. The van der Waals surface area contributed by atoms with E-state index in [-0.39, 0.29) is 6.10 Å². The van der Waals surface area contributed by atoms with Crippen molar-refractivity contribution in [1.29, 1.82) is 0 Å². The first kappa shape index (κ1) is 13.8. The van der Waals surface area contributed by atoms with Crippen molar-refractivity contribution in [3.63, 3.8) is 0 Å². The second-order valence-electron chi connectivity index (χ2n) is 4.99. The average Bonchev–Trinajstić information content (AvgIpc) is 2.49. The molecule has 0 amide bonds. The molecule has 1 N–H and O–H groups in total. The largest absolute Gasteiger partial charge is 0.388 e. The van der Waals surface area contributed by atoms with E-state index in [1.807, 2.05) is 30.3 Å². The van der Waals surface area contributed by atoms with E-state index >= 15 is 0 Å². The fraction of sp³-hybridized carbons (Fsp3) is 0.333. The molecule has 1 atom stereocenters. The maximum atomic E-state index is 10.1. The summed E-state index contributed by atoms with van der Waals surface area (Å²) >= 11 is 0. The molecule has 0 saturated heterocycles. The van der Waals surface area contributed by atoms with Crippen molar-refractivity contribution in [2.24, 2.45) is 0 Å². The number of aliphatic hydroxyl groups is 1. The van der Waals surface area contributed by atoms with E-state index in [1.165, 1.54) is 11.1 Å². The van der Waals surface area contributed by atoms with Crippen molar-refractivity contribution in [3.05, 3.63) is 71.3 Å². The molecule has 1 nitrogen and oxygen atoms in total. The third-order valence-corrected chi connectivity index (χ3v) is 3.56. The highest BCUT2D eigenvalue weighted by Crippen LogP contribution is 2.19. The van der Waals surface area contributed by atoms with Crippen LogP contribution in [0.2, 0.25) is 0 Å². The van der Waals surface area contributed by atoms with Crippen LogP contribution < -0.4 is 0 Å². The van der Waals surface area contributed by atoms with Gasteiger partial charge >= 0.3 is 0 Å². The molecule has 2 rings (SSSR count). The highest BCUT2D eigenvalue weighted by Gasteiger charge is 2.06. The Kier molecular flexibility index (Phi) is 5.17. The van der Waals surface area contributed by atoms with Crippen LogP contribution in [0.4, 0.5) is 0 Å². The predicted molar refractivity (Wildman–Crippen MR) is 80.2 cm³/mol. The molecule has 0 bridgehead atoms. The van der Waals surface area contributed by atoms with Gasteiger partial charge in [0.1, 0.15) is 0 Å². The quantitative estimate of drug-likeness (QED) is 0.814. The summed E-state index contributed by atoms with van der Waals surface area (Å²) in [5.74, 6) is 0. The van der Waals surface area contributed by atoms with Crippen molar-refractivity contribution in [1.82, 2.24) is 0 Å². The summed E-state index contributed by atoms with van der Waals surface area (Å²) in [6.45, 7) is 2.17. The van der Waals surface area contributed by atoms with Gasteiger partial charge in [0.25, 0.3) is 0 Å². The molecule has 100 valence electrons. The van der Waals surface area contributed by atoms with Gasteiger partial charge in [-0.05, 0) is 42.4 Å². The molecule has 0 fully saturated rings. The fourth-order valence-electron chi connectivity index (χ4n) is 2.28. The SMILES string of the molecule is CCc1ccc(CCCC(O)c2ccccc2)cc1. The van der Waals surface area contributed by atoms with Crippen molar-refractivity contribution < 1.29 is 5.11 Å². The van der Waals surface area contributed by atoms with E-state index in [2.05, 4.69) is 31.2 Å². The van der Waals surface area contributed by atoms with E-state index in [9.17, 15) is 5.11 Å². The van der Waals surface area contributed by atoms with Gasteiger partial charge in [0.05, 0.1) is 6.10 Å². The molecular weight excluding hydrogens is 232 g/mol. The average molecular weight is 254 g/mol. The highest BCUT2D eigenvalue weighted by atomic mass is 16.3. The van der Waals surface area contributed by atoms with Gasteiger partial charge in [-0.2, -0.15) is 0 Å². The molecule has 0 aliphatic rings. The second-order valence-corrected chi connectivity index (χ2v) is 4.99. The van der Waals surface area contributed by atoms with Gasteiger partial charge in [0.15, 0.2) is 0 Å². The number of hydrogen-bond donors (Lipinski definition) is 1. The number of benzene rings is 2. The number of aliphatic hydroxyl groups excluding tert-OH is 1. The summed E-state index contributed by atoms with van der Waals surface area (Å²) < 4.78 is 0. The minimum Gasteiger partial charge on any atom is -0.388 e. The van der Waals surface area contributed by atoms with Crippen LogP contribution >= 0.6 is 0 Å². The van der Waals surface area contributed by atoms with Crippen molar-refractivity contribution in [3.8, 4) is 0 Å². The van der Waals surface area contributed by atoms with Gasteiger partial charge in [0, 0.05) is 0 Å². The Labute approximate surface area is 115 Å². The first-order valence-electron chi connectivity index (χ1n) is 7.10. The van der Waals surface area contributed by atoms with E-state index in [0.29, 0.717) is 0 Å². The zero-order valence-electron chi connectivity index (χ0n) is 11.5. The van der Waals surface area contributed by atoms with Crippen LogP contribution in [-0.2, 0) is 12.8 Å². The summed E-state index contributed by atoms with van der Waals surface area (Å²) in [6.07, 6.45) is 3.62. The Morgan fingerprint density at radius 3 is 2.16 bits per heavy atom. The van der Waals surface area contributed by atoms with E-state index in [0.717, 1.165) is 31.2 Å². The molecule has 2 aromatic rings. The molecule has 0 radical (unpaired) electrons. The number of hydrogen-bond acceptors (Lipinski definition) is 1. The Balaban J connectivity index is 1.79. The summed E-state index contributed by atoms with van der Waals surface area (Å²) in [5, 5.41) is 10.1. The monoisotopic (exact) mass is 254 g/mol. The maximum absolute atomic E-state index is 10.1. The Hall–Kier alpha value is -1.60. The van der Waals surface area contributed by atoms with E-state index in [4.69, 9.17) is 0 Å². The van der Waals surface area contributed by atoms with Crippen LogP contribution in [0.25, 0.3) is 0 Å². The molecule has 0 saturated carbocycles. The topological polar surface area (TPSA) is 20.2 Å². The highest BCUT2D eigenvalue weighted by molar-refractivity contribution is 5.22. The summed E-state index contributed by atoms with van der Waals surface area (Å²) in [6, 6.07) is 18.7. The van der Waals surface area contributed by atoms with Crippen LogP contribution in [0.5, 0.6) is 0 Å². The molecule has 1 heteroatoms. The molecule has 0 aliphatic heterocycles. The van der Waals surface area contributed by atoms with Crippen LogP contribution in [0.1, 0.15) is 42.6 Å². The van der Waals surface area contributed by atoms with E-state index in [1.54, 1.807) is 0 Å². The second kappa shape index (κ2) is 7.10. The maximum Gasteiger partial charge on any atom is 0.0790 e. The first-order valence-corrected chi connectivity index (χ1v) is 7.10. The lowest BCUT2D eigenvalue weighted by molar-refractivity contribution is 0.164. The lowest BCUT2D eigenvalue weighted by Crippen LogP contribution is -1.98. The van der Waals surface area contributed by atoms with Crippen LogP contribution in [0.3, 0.4) is 0 Å². The minimum absolute atomic E-state index is 0.337. The molecule has 19 heavy (non-hydrogen) atoms. The van der Waals surface area contributed by atoms with Crippen molar-refractivity contribution in [2.45, 2.75) is 38.7 Å². The summed E-state index contributed by atoms with van der Waals surface area (Å²) in [5.41, 5.74) is 3.76. The molecule has 0 aliphatic carbocycles. The normalized spacial score (nSPS) is 12.3. The van der Waals surface area contributed by atoms with Crippen LogP contribution in [0.15, 0.2) is 54.6 Å². The lowest BCUT2D eigenvalue weighted by Gasteiger charge is -2.10. The first-order chi connectivity index (χ1) is 9.29. The van der Waals surface area contributed by atoms with Crippen molar-refractivity contribution >= 4 is 0 Å². The number of rotatable bonds is 6. The molecule has 1 unspecified atom stereocenters. The zero-order valence-corrected chi connectivity index (χ0v) is 11.5. The molecule has 0 aromatic heterocycles. The third kappa shape index (κ3) is 4.22. The Bertz CT molecular complexity index is 473. The predicted octanol–water partition coefficient (Wildman–Crippen LogP) is 4.31. The van der Waals surface area contributed by atoms with Crippen molar-refractivity contribution in [2.75, 3.05) is 0 Å². The number of aryl methyl sites for hydroxylation is 2. The summed E-state index contributed by atoms with van der Waals surface area (Å²) in [4.78, 5) is 0. The summed E-state index contributed by atoms with van der Waals surface area (Å²) in [7, 11) is 0. The Morgan fingerprint density at radius 1 is 0.895 bits per heavy atom. The zero-order chi connectivity index (χ0) is 13.5. The third-order valence-electron chi connectivity index (χ3n) is 3.56. The fourth-order valence-corrected chi connectivity index (χ4v) is 2.28. The molecule has 2 aromatic carbocycles. The van der Waals surface area contributed by atoms with Gasteiger partial charge in [-0.1, -0.05) is 61.5 Å². The molecule has 0 heterocycles. The van der Waals surface area contributed by atoms with Crippen LogP contribution in [0, 0.1) is 0 Å². The van der Waals surface area contributed by atoms with Gasteiger partial charge in [-0.15, -0.1) is 0 Å². The molecular formula is C18H22O. The molecule has 0 spiro atoms. The lowest BCUT2D eigenvalue weighted by atomic mass is 10.0. The van der Waals surface area contributed by atoms with Gasteiger partial charge in [-0.3, -0.25) is 0 Å². The van der Waals surface area contributed by atoms with Crippen LogP contribution in [-0.4, -0.2) is 5.11 Å². The van der Waals surface area contributed by atoms with Gasteiger partial charge in [0.2, 0.25) is 0 Å². The van der Waals surface area contributed by atoms with Gasteiger partial charge < -0.3 is 5.11 Å².